The maximum absolute atomic E-state index is 2.41. The third kappa shape index (κ3) is 13.8. The van der Waals surface area contributed by atoms with Gasteiger partial charge in [0.2, 0.25) is 0 Å². The molecule has 0 amide bonds. The van der Waals surface area contributed by atoms with Crippen molar-refractivity contribution in [2.24, 2.45) is 0 Å². The topological polar surface area (TPSA) is 6.48 Å². The summed E-state index contributed by atoms with van der Waals surface area (Å²) >= 11 is 0. The van der Waals surface area contributed by atoms with Crippen molar-refractivity contribution in [3.63, 3.8) is 0 Å². The predicted octanol–water partition coefficient (Wildman–Crippen LogP) is 35.7. The van der Waals surface area contributed by atoms with Crippen LogP contribution in [0.1, 0.15) is 91.7 Å². The molecule has 4 aliphatic carbocycles. The molecular formula is C138H98N2. The first-order chi connectivity index (χ1) is 69.2. The molecule has 140 heavy (non-hydrogen) atoms. The maximum Gasteiger partial charge on any atom is 0.0720 e. The van der Waals surface area contributed by atoms with Crippen LogP contribution in [-0.4, -0.2) is 0 Å². The highest BCUT2D eigenvalue weighted by molar-refractivity contribution is 6.00. The molecule has 2 spiro atoms. The summed E-state index contributed by atoms with van der Waals surface area (Å²) in [6.07, 6.45) is 0. The number of rotatable bonds is 16. The van der Waals surface area contributed by atoms with Crippen LogP contribution in [0.5, 0.6) is 0 Å². The van der Waals surface area contributed by atoms with Gasteiger partial charge in [0, 0.05) is 39.5 Å². The molecular weight excluding hydrogens is 1690 g/mol. The summed E-state index contributed by atoms with van der Waals surface area (Å²) in [5.41, 5.74) is 48.0. The Kier molecular flexibility index (Phi) is 21.0. The zero-order chi connectivity index (χ0) is 93.3. The molecule has 22 aromatic carbocycles. The molecule has 0 radical (unpaired) electrons. The average Bonchev–Trinajstić information content (AvgIpc) is 1.38. The second-order valence-corrected chi connectivity index (χ2v) is 37.9. The molecule has 0 saturated heterocycles. The highest BCUT2D eigenvalue weighted by atomic mass is 15.1. The van der Waals surface area contributed by atoms with Gasteiger partial charge in [0.1, 0.15) is 0 Å². The lowest BCUT2D eigenvalue weighted by molar-refractivity contribution is 0.563. The van der Waals surface area contributed by atoms with E-state index in [1.807, 2.05) is 0 Å². The fourth-order valence-electron chi connectivity index (χ4n) is 23.9. The van der Waals surface area contributed by atoms with E-state index in [0.29, 0.717) is 0 Å². The zero-order valence-corrected chi connectivity index (χ0v) is 78.0. The monoisotopic (exact) mass is 1780 g/mol. The minimum absolute atomic E-state index is 0.133. The highest BCUT2D eigenvalue weighted by Gasteiger charge is 2.58. The molecule has 0 N–H and O–H groups in total. The maximum atomic E-state index is 2.41. The fraction of sp³-hybridized carbons (Fsp3) is 0.0435. The fourth-order valence-corrected chi connectivity index (χ4v) is 23.9. The van der Waals surface area contributed by atoms with Crippen LogP contribution in [0.4, 0.5) is 34.1 Å². The standard InChI is InChI=1S/C74H51N.C64H47N/c1-5-20-52(21-6-1)54-36-38-55(39-37-54)57-42-48-62(49-43-57)75(61-46-40-56(41-47-61)53-22-7-2-8-23-53)63-50-44-58(45-51-63)64-29-19-35-71-72(64)65-28-13-14-30-66(65)74(71)69-33-17-15-31-67(69)73(59-24-9-3-10-25-59,60-26-11-4-12-27-60)68-32-16-18-34-70(68)74;1-63(2)57-23-11-13-25-59(57)64(60-26-14-12-24-58(60)63)56-22-10-9-20-55(56)62-54(21-15-27-61(62)64)50-36-42-53(43-37-50)65(51-38-32-48(33-39-51)45-18-7-4-8-19-45)52-40-34-49(35-41-52)47-30-28-46(29-31-47)44-16-5-3-6-17-44/h1-51H;3-43H,1-2H3. The Morgan fingerprint density at radius 2 is 0.293 bits per heavy atom. The molecule has 0 saturated carbocycles. The summed E-state index contributed by atoms with van der Waals surface area (Å²) in [4.78, 5) is 4.75. The van der Waals surface area contributed by atoms with Gasteiger partial charge >= 0.3 is 0 Å². The highest BCUT2D eigenvalue weighted by Crippen LogP contribution is 2.67. The zero-order valence-electron chi connectivity index (χ0n) is 78.0. The van der Waals surface area contributed by atoms with E-state index in [-0.39, 0.29) is 5.41 Å². The van der Waals surface area contributed by atoms with E-state index < -0.39 is 16.2 Å². The lowest BCUT2D eigenvalue weighted by Gasteiger charge is -2.50. The van der Waals surface area contributed by atoms with Crippen molar-refractivity contribution < 1.29 is 0 Å². The molecule has 2 heteroatoms. The van der Waals surface area contributed by atoms with Crippen molar-refractivity contribution in [1.82, 2.24) is 0 Å². The van der Waals surface area contributed by atoms with E-state index in [1.165, 1.54) is 189 Å². The summed E-state index contributed by atoms with van der Waals surface area (Å²) in [7, 11) is 0. The van der Waals surface area contributed by atoms with Crippen molar-refractivity contribution in [2.45, 2.75) is 35.5 Å². The summed E-state index contributed by atoms with van der Waals surface area (Å²) in [6, 6.07) is 206. The van der Waals surface area contributed by atoms with Gasteiger partial charge in [-0.25, -0.2) is 0 Å². The lowest BCUT2D eigenvalue weighted by atomic mass is 9.51. The summed E-state index contributed by atoms with van der Waals surface area (Å²) < 4.78 is 0. The van der Waals surface area contributed by atoms with Gasteiger partial charge in [-0.1, -0.05) is 499 Å². The van der Waals surface area contributed by atoms with Crippen molar-refractivity contribution in [2.75, 3.05) is 9.80 Å². The number of nitrogens with zero attached hydrogens (tertiary/aromatic N) is 2. The first kappa shape index (κ1) is 84.2. The third-order valence-electron chi connectivity index (χ3n) is 30.3. The van der Waals surface area contributed by atoms with E-state index in [1.54, 1.807) is 0 Å². The quantitative estimate of drug-likeness (QED) is 0.0951. The van der Waals surface area contributed by atoms with Crippen molar-refractivity contribution in [3.8, 4) is 111 Å². The van der Waals surface area contributed by atoms with E-state index in [4.69, 9.17) is 0 Å². The van der Waals surface area contributed by atoms with Gasteiger partial charge in [-0.2, -0.15) is 0 Å². The van der Waals surface area contributed by atoms with Gasteiger partial charge < -0.3 is 9.80 Å². The molecule has 660 valence electrons. The third-order valence-corrected chi connectivity index (χ3v) is 30.3. The number of hydrogen-bond donors (Lipinski definition) is 0. The number of hydrogen-bond acceptors (Lipinski definition) is 2. The Hall–Kier alpha value is -17.6. The molecule has 0 aromatic heterocycles. The van der Waals surface area contributed by atoms with E-state index in [2.05, 4.69) is 582 Å². The van der Waals surface area contributed by atoms with Crippen LogP contribution in [0, 0.1) is 0 Å². The smallest absolute Gasteiger partial charge is 0.0720 e. The van der Waals surface area contributed by atoms with Crippen LogP contribution in [0.2, 0.25) is 0 Å². The van der Waals surface area contributed by atoms with Gasteiger partial charge in [-0.05, 0) is 262 Å². The second-order valence-electron chi connectivity index (χ2n) is 37.9. The first-order valence-corrected chi connectivity index (χ1v) is 48.8. The molecule has 0 unspecified atom stereocenters. The van der Waals surface area contributed by atoms with E-state index in [0.717, 1.165) is 34.1 Å². The summed E-state index contributed by atoms with van der Waals surface area (Å²) in [6.45, 7) is 4.77. The molecule has 2 nitrogen and oxygen atoms in total. The van der Waals surface area contributed by atoms with Crippen LogP contribution < -0.4 is 9.80 Å². The number of benzene rings is 22. The van der Waals surface area contributed by atoms with Crippen molar-refractivity contribution >= 4 is 34.1 Å². The molecule has 0 fully saturated rings. The van der Waals surface area contributed by atoms with E-state index >= 15 is 0 Å². The van der Waals surface area contributed by atoms with Gasteiger partial charge in [0.05, 0.1) is 16.2 Å². The van der Waals surface area contributed by atoms with Gasteiger partial charge in [-0.15, -0.1) is 0 Å². The number of anilines is 6. The molecule has 0 atom stereocenters. The second kappa shape index (κ2) is 35.0. The number of fused-ring (bicyclic) bond motifs is 18. The lowest BCUT2D eigenvalue weighted by Crippen LogP contribution is -2.44. The average molecular weight is 1780 g/mol. The largest absolute Gasteiger partial charge is 0.311 e. The van der Waals surface area contributed by atoms with Crippen LogP contribution >= 0.6 is 0 Å². The molecule has 26 rings (SSSR count). The minimum Gasteiger partial charge on any atom is -0.311 e. The van der Waals surface area contributed by atoms with Crippen molar-refractivity contribution in [3.05, 3.63) is 636 Å². The van der Waals surface area contributed by atoms with Crippen LogP contribution in [0.3, 0.4) is 0 Å². The minimum atomic E-state index is -0.569. The molecule has 4 aliphatic rings. The Morgan fingerprint density at radius 3 is 0.550 bits per heavy atom. The van der Waals surface area contributed by atoms with Crippen LogP contribution in [0.25, 0.3) is 111 Å². The normalized spacial score (nSPS) is 13.4. The Labute approximate surface area is 820 Å². The van der Waals surface area contributed by atoms with Crippen molar-refractivity contribution in [1.29, 1.82) is 0 Å². The predicted molar refractivity (Wildman–Crippen MR) is 584 cm³/mol. The molecule has 0 bridgehead atoms. The van der Waals surface area contributed by atoms with Crippen LogP contribution in [0.15, 0.2) is 558 Å². The van der Waals surface area contributed by atoms with Gasteiger partial charge in [-0.3, -0.25) is 0 Å². The SMILES string of the molecule is CC1(C)c2ccccc2C2(c3ccccc3-c3c(-c4ccc(N(c5ccc(-c6ccccc6)cc5)c5ccc(-c6ccc(-c7ccccc7)cc6)cc5)cc4)cccc32)c2ccccc21.c1ccc(-c2ccc(-c3ccc(N(c4ccc(-c5ccccc5)cc4)c4ccc(-c5cccc6c5-c5ccccc5C65c6ccccc6C(c6ccccc6)(c6ccccc6)c6ccccc65)cc4)cc3)cc2)cc1. The Morgan fingerprint density at radius 1 is 0.121 bits per heavy atom. The molecule has 0 heterocycles. The van der Waals surface area contributed by atoms with Crippen LogP contribution in [-0.2, 0) is 21.7 Å². The Bertz CT molecular complexity index is 8190. The van der Waals surface area contributed by atoms with E-state index in [9.17, 15) is 0 Å². The molecule has 0 aliphatic heterocycles. The molecule has 22 aromatic rings. The van der Waals surface area contributed by atoms with Gasteiger partial charge in [0.25, 0.3) is 0 Å². The summed E-state index contributed by atoms with van der Waals surface area (Å²) in [5, 5.41) is 0. The summed E-state index contributed by atoms with van der Waals surface area (Å²) in [5.74, 6) is 0. The first-order valence-electron chi connectivity index (χ1n) is 48.8. The Balaban J connectivity index is 0.000000149. The van der Waals surface area contributed by atoms with Gasteiger partial charge in [0.15, 0.2) is 0 Å².